The van der Waals surface area contributed by atoms with E-state index in [2.05, 4.69) is 9.47 Å². The van der Waals surface area contributed by atoms with Gasteiger partial charge in [0.2, 0.25) is 0 Å². The normalized spacial score (nSPS) is 13.9. The lowest BCUT2D eigenvalue weighted by Crippen LogP contribution is -2.05. The second-order valence-electron chi connectivity index (χ2n) is 2.85. The molecule has 0 bridgehead atoms. The number of methoxy groups -OCH3 is 1. The van der Waals surface area contributed by atoms with Crippen molar-refractivity contribution in [2.75, 3.05) is 26.9 Å². The molecule has 0 saturated carbocycles. The third-order valence-electron chi connectivity index (χ3n) is 1.67. The predicted octanol–water partition coefficient (Wildman–Crippen LogP) is 0.909. The van der Waals surface area contributed by atoms with Crippen LogP contribution in [-0.4, -0.2) is 38.9 Å². The van der Waals surface area contributed by atoms with Crippen LogP contribution >= 0.6 is 0 Å². The van der Waals surface area contributed by atoms with Crippen LogP contribution in [0.4, 0.5) is 0 Å². The number of hydrogen-bond donors (Lipinski definition) is 0. The second kappa shape index (κ2) is 9.45. The van der Waals surface area contributed by atoms with Gasteiger partial charge in [-0.25, -0.2) is 0 Å². The smallest absolute Gasteiger partial charge is 0.307 e. The number of ether oxygens (including phenoxy) is 3. The summed E-state index contributed by atoms with van der Waals surface area (Å²) in [7, 11) is 1.37. The van der Waals surface area contributed by atoms with E-state index in [1.807, 2.05) is 6.92 Å². The molecule has 0 amide bonds. The maximum Gasteiger partial charge on any atom is 0.307 e. The zero-order valence-corrected chi connectivity index (χ0v) is 9.28. The molecular weight excluding hydrogens is 200 g/mol. The SMILES string of the molecule is CCOCCC(=O)OC.O=C1CCCO1. The molecular formula is C10H18O5. The van der Waals surface area contributed by atoms with Crippen molar-refractivity contribution in [3.63, 3.8) is 0 Å². The van der Waals surface area contributed by atoms with E-state index in [0.717, 1.165) is 6.42 Å². The van der Waals surface area contributed by atoms with Gasteiger partial charge in [-0.15, -0.1) is 0 Å². The first-order valence-electron chi connectivity index (χ1n) is 5.00. The Hall–Kier alpha value is -1.10. The molecule has 0 atom stereocenters. The van der Waals surface area contributed by atoms with Gasteiger partial charge in [-0.2, -0.15) is 0 Å². The van der Waals surface area contributed by atoms with Gasteiger partial charge in [-0.1, -0.05) is 0 Å². The first-order valence-corrected chi connectivity index (χ1v) is 5.00. The Kier molecular flexibility index (Phi) is 8.76. The van der Waals surface area contributed by atoms with Crippen LogP contribution in [0.15, 0.2) is 0 Å². The summed E-state index contributed by atoms with van der Waals surface area (Å²) < 4.78 is 13.8. The summed E-state index contributed by atoms with van der Waals surface area (Å²) in [6, 6.07) is 0. The van der Waals surface area contributed by atoms with Crippen molar-refractivity contribution in [3.8, 4) is 0 Å². The van der Waals surface area contributed by atoms with E-state index in [9.17, 15) is 9.59 Å². The summed E-state index contributed by atoms with van der Waals surface area (Å²) in [5.74, 6) is -0.265. The van der Waals surface area contributed by atoms with Gasteiger partial charge in [0, 0.05) is 13.0 Å². The molecule has 1 rings (SSSR count). The monoisotopic (exact) mass is 218 g/mol. The average molecular weight is 218 g/mol. The van der Waals surface area contributed by atoms with Crippen molar-refractivity contribution >= 4 is 11.9 Å². The molecule has 1 aliphatic heterocycles. The molecule has 0 aromatic rings. The Balaban J connectivity index is 0.000000280. The third-order valence-corrected chi connectivity index (χ3v) is 1.67. The Morgan fingerprint density at radius 1 is 1.53 bits per heavy atom. The fourth-order valence-corrected chi connectivity index (χ4v) is 0.877. The molecule has 1 saturated heterocycles. The molecule has 0 aliphatic carbocycles. The minimum atomic E-state index is -0.219. The van der Waals surface area contributed by atoms with Gasteiger partial charge in [0.05, 0.1) is 26.7 Å². The number of esters is 2. The van der Waals surface area contributed by atoms with E-state index in [4.69, 9.17) is 4.74 Å². The van der Waals surface area contributed by atoms with E-state index in [-0.39, 0.29) is 11.9 Å². The van der Waals surface area contributed by atoms with Crippen LogP contribution in [0.5, 0.6) is 0 Å². The summed E-state index contributed by atoms with van der Waals surface area (Å²) in [4.78, 5) is 20.4. The van der Waals surface area contributed by atoms with Crippen molar-refractivity contribution in [1.82, 2.24) is 0 Å². The zero-order chi connectivity index (χ0) is 11.5. The van der Waals surface area contributed by atoms with Gasteiger partial charge in [-0.3, -0.25) is 9.59 Å². The third kappa shape index (κ3) is 9.21. The topological polar surface area (TPSA) is 61.8 Å². The second-order valence-corrected chi connectivity index (χ2v) is 2.85. The van der Waals surface area contributed by atoms with Crippen molar-refractivity contribution in [3.05, 3.63) is 0 Å². The first kappa shape index (κ1) is 13.9. The minimum absolute atomic E-state index is 0.0463. The zero-order valence-electron chi connectivity index (χ0n) is 9.28. The molecule has 0 radical (unpaired) electrons. The lowest BCUT2D eigenvalue weighted by Gasteiger charge is -1.97. The van der Waals surface area contributed by atoms with E-state index in [1.165, 1.54) is 7.11 Å². The standard InChI is InChI=1S/C6H12O3.C4H6O2/c1-3-9-5-4-6(7)8-2;5-4-2-1-3-6-4/h3-5H2,1-2H3;1-3H2. The van der Waals surface area contributed by atoms with Crippen LogP contribution in [0.1, 0.15) is 26.2 Å². The van der Waals surface area contributed by atoms with E-state index >= 15 is 0 Å². The Morgan fingerprint density at radius 2 is 2.27 bits per heavy atom. The van der Waals surface area contributed by atoms with E-state index in [0.29, 0.717) is 32.7 Å². The average Bonchev–Trinajstić information content (AvgIpc) is 2.70. The highest BCUT2D eigenvalue weighted by Crippen LogP contribution is 2.01. The fourth-order valence-electron chi connectivity index (χ4n) is 0.877. The molecule has 5 nitrogen and oxygen atoms in total. The minimum Gasteiger partial charge on any atom is -0.469 e. The summed E-state index contributed by atoms with van der Waals surface area (Å²) in [5.41, 5.74) is 0. The molecule has 1 heterocycles. The number of rotatable bonds is 4. The highest BCUT2D eigenvalue weighted by atomic mass is 16.5. The molecule has 88 valence electrons. The number of hydrogen-bond acceptors (Lipinski definition) is 5. The van der Waals surface area contributed by atoms with Crippen molar-refractivity contribution in [1.29, 1.82) is 0 Å². The lowest BCUT2D eigenvalue weighted by atomic mass is 10.4. The Bertz CT molecular complexity index is 182. The van der Waals surface area contributed by atoms with Crippen LogP contribution in [0.3, 0.4) is 0 Å². The molecule has 0 spiro atoms. The molecule has 15 heavy (non-hydrogen) atoms. The maximum absolute atomic E-state index is 10.4. The van der Waals surface area contributed by atoms with E-state index < -0.39 is 0 Å². The maximum atomic E-state index is 10.4. The number of cyclic esters (lactones) is 1. The summed E-state index contributed by atoms with van der Waals surface area (Å²) >= 11 is 0. The van der Waals surface area contributed by atoms with Gasteiger partial charge in [0.25, 0.3) is 0 Å². The van der Waals surface area contributed by atoms with Gasteiger partial charge in [0.1, 0.15) is 0 Å². The highest BCUT2D eigenvalue weighted by molar-refractivity contribution is 5.70. The predicted molar refractivity (Wildman–Crippen MR) is 53.3 cm³/mol. The van der Waals surface area contributed by atoms with Crippen molar-refractivity contribution in [2.45, 2.75) is 26.2 Å². The van der Waals surface area contributed by atoms with Crippen LogP contribution in [0.2, 0.25) is 0 Å². The molecule has 0 N–H and O–H groups in total. The van der Waals surface area contributed by atoms with E-state index in [1.54, 1.807) is 0 Å². The van der Waals surface area contributed by atoms with Crippen LogP contribution in [0, 0.1) is 0 Å². The molecule has 0 aromatic heterocycles. The van der Waals surface area contributed by atoms with Crippen LogP contribution < -0.4 is 0 Å². The molecule has 0 unspecified atom stereocenters. The van der Waals surface area contributed by atoms with Gasteiger partial charge < -0.3 is 14.2 Å². The van der Waals surface area contributed by atoms with Gasteiger partial charge in [0.15, 0.2) is 0 Å². The fraction of sp³-hybridized carbons (Fsp3) is 0.800. The first-order chi connectivity index (χ1) is 7.20. The molecule has 5 heteroatoms. The number of carbonyl (C=O) groups is 2. The van der Waals surface area contributed by atoms with Crippen LogP contribution in [-0.2, 0) is 23.8 Å². The van der Waals surface area contributed by atoms with Crippen LogP contribution in [0.25, 0.3) is 0 Å². The lowest BCUT2D eigenvalue weighted by molar-refractivity contribution is -0.141. The highest BCUT2D eigenvalue weighted by Gasteiger charge is 2.08. The summed E-state index contributed by atoms with van der Waals surface area (Å²) in [6.45, 7) is 3.64. The Morgan fingerprint density at radius 3 is 2.60 bits per heavy atom. The summed E-state index contributed by atoms with van der Waals surface area (Å²) in [5, 5.41) is 0. The van der Waals surface area contributed by atoms with Crippen molar-refractivity contribution < 1.29 is 23.8 Å². The largest absolute Gasteiger partial charge is 0.469 e. The molecule has 1 aliphatic rings. The molecule has 0 aromatic carbocycles. The molecule has 1 fully saturated rings. The summed E-state index contributed by atoms with van der Waals surface area (Å²) in [6.07, 6.45) is 1.89. The number of carbonyl (C=O) groups excluding carboxylic acids is 2. The van der Waals surface area contributed by atoms with Gasteiger partial charge in [-0.05, 0) is 13.3 Å². The quantitative estimate of drug-likeness (QED) is 0.518. The van der Waals surface area contributed by atoms with Gasteiger partial charge >= 0.3 is 11.9 Å². The Labute approximate surface area is 89.7 Å². The van der Waals surface area contributed by atoms with Crippen molar-refractivity contribution in [2.24, 2.45) is 0 Å².